The number of rotatable bonds is 3. The molecule has 0 aliphatic heterocycles. The zero-order valence-corrected chi connectivity index (χ0v) is 13.8. The van der Waals surface area contributed by atoms with Crippen LogP contribution in [0.3, 0.4) is 0 Å². The van der Waals surface area contributed by atoms with E-state index in [2.05, 4.69) is 31.6 Å². The van der Waals surface area contributed by atoms with Crippen LogP contribution in [-0.2, 0) is 0 Å². The molecule has 1 heterocycles. The number of nitrogens with one attached hydrogen (secondary N) is 1. The van der Waals surface area contributed by atoms with E-state index in [1.54, 1.807) is 12.1 Å². The van der Waals surface area contributed by atoms with Crippen molar-refractivity contribution in [3.63, 3.8) is 0 Å². The molecule has 0 aliphatic rings. The van der Waals surface area contributed by atoms with Gasteiger partial charge in [0.1, 0.15) is 5.52 Å². The van der Waals surface area contributed by atoms with Crippen LogP contribution in [0.2, 0.25) is 0 Å². The molecule has 3 aromatic rings. The summed E-state index contributed by atoms with van der Waals surface area (Å²) in [4.78, 5) is 12.3. The predicted molar refractivity (Wildman–Crippen MR) is 90.0 cm³/mol. The lowest BCUT2D eigenvalue weighted by molar-refractivity contribution is 0.102. The number of carbonyl (C=O) groups is 1. The fourth-order valence-electron chi connectivity index (χ4n) is 2.23. The van der Waals surface area contributed by atoms with Crippen molar-refractivity contribution in [2.75, 3.05) is 5.32 Å². The second-order valence-electron chi connectivity index (χ2n) is 5.30. The van der Waals surface area contributed by atoms with Crippen LogP contribution in [0.5, 0.6) is 0 Å². The van der Waals surface area contributed by atoms with Crippen LogP contribution in [0.1, 0.15) is 30.2 Å². The number of amides is 1. The first-order chi connectivity index (χ1) is 10.5. The summed E-state index contributed by atoms with van der Waals surface area (Å²) in [5.41, 5.74) is 2.94. The Hall–Kier alpha value is -2.21. The van der Waals surface area contributed by atoms with Gasteiger partial charge in [0.05, 0.1) is 5.52 Å². The van der Waals surface area contributed by atoms with Gasteiger partial charge in [-0.15, -0.1) is 5.10 Å². The SMILES string of the molecule is CC(C)n1nnc2cc(C(=O)Nc3cccc(Br)c3)ccc21. The van der Waals surface area contributed by atoms with Gasteiger partial charge in [-0.25, -0.2) is 4.68 Å². The third-order valence-electron chi connectivity index (χ3n) is 3.30. The molecule has 0 fully saturated rings. The van der Waals surface area contributed by atoms with E-state index in [-0.39, 0.29) is 11.9 Å². The maximum atomic E-state index is 12.3. The number of hydrogen-bond acceptors (Lipinski definition) is 3. The molecule has 5 nitrogen and oxygen atoms in total. The van der Waals surface area contributed by atoms with Gasteiger partial charge in [-0.05, 0) is 50.2 Å². The van der Waals surface area contributed by atoms with Crippen molar-refractivity contribution in [1.29, 1.82) is 0 Å². The zero-order chi connectivity index (χ0) is 15.7. The molecule has 112 valence electrons. The number of carbonyl (C=O) groups excluding carboxylic acids is 1. The Morgan fingerprint density at radius 1 is 1.23 bits per heavy atom. The van der Waals surface area contributed by atoms with Gasteiger partial charge >= 0.3 is 0 Å². The highest BCUT2D eigenvalue weighted by atomic mass is 79.9. The zero-order valence-electron chi connectivity index (χ0n) is 12.2. The molecule has 0 spiro atoms. The molecule has 1 aromatic heterocycles. The number of aromatic nitrogens is 3. The molecule has 0 saturated heterocycles. The van der Waals surface area contributed by atoms with Crippen molar-refractivity contribution in [3.05, 3.63) is 52.5 Å². The van der Waals surface area contributed by atoms with E-state index in [9.17, 15) is 4.79 Å². The molecule has 0 aliphatic carbocycles. The number of halogens is 1. The summed E-state index contributed by atoms with van der Waals surface area (Å²) in [6.45, 7) is 4.09. The Balaban J connectivity index is 1.88. The van der Waals surface area contributed by atoms with Crippen molar-refractivity contribution in [3.8, 4) is 0 Å². The van der Waals surface area contributed by atoms with Crippen LogP contribution >= 0.6 is 15.9 Å². The molecule has 1 N–H and O–H groups in total. The molecular weight excluding hydrogens is 344 g/mol. The smallest absolute Gasteiger partial charge is 0.255 e. The predicted octanol–water partition coefficient (Wildman–Crippen LogP) is 4.03. The summed E-state index contributed by atoms with van der Waals surface area (Å²) in [6.07, 6.45) is 0. The van der Waals surface area contributed by atoms with Crippen LogP contribution < -0.4 is 5.32 Å². The van der Waals surface area contributed by atoms with Gasteiger partial charge in [0.25, 0.3) is 5.91 Å². The second kappa shape index (κ2) is 5.88. The van der Waals surface area contributed by atoms with Crippen molar-refractivity contribution in [2.45, 2.75) is 19.9 Å². The van der Waals surface area contributed by atoms with Gasteiger partial charge < -0.3 is 5.32 Å². The molecule has 0 atom stereocenters. The minimum Gasteiger partial charge on any atom is -0.322 e. The van der Waals surface area contributed by atoms with E-state index in [0.717, 1.165) is 21.2 Å². The maximum Gasteiger partial charge on any atom is 0.255 e. The summed E-state index contributed by atoms with van der Waals surface area (Å²) in [5.74, 6) is -0.168. The Morgan fingerprint density at radius 2 is 2.05 bits per heavy atom. The van der Waals surface area contributed by atoms with E-state index in [1.807, 2.05) is 48.9 Å². The van der Waals surface area contributed by atoms with Gasteiger partial charge in [-0.3, -0.25) is 4.79 Å². The van der Waals surface area contributed by atoms with Gasteiger partial charge in [-0.2, -0.15) is 0 Å². The number of nitrogens with zero attached hydrogens (tertiary/aromatic N) is 3. The second-order valence-corrected chi connectivity index (χ2v) is 6.21. The van der Waals surface area contributed by atoms with Gasteiger partial charge in [0.2, 0.25) is 0 Å². The highest BCUT2D eigenvalue weighted by Gasteiger charge is 2.12. The van der Waals surface area contributed by atoms with Crippen LogP contribution in [0.15, 0.2) is 46.9 Å². The number of anilines is 1. The number of benzene rings is 2. The number of fused-ring (bicyclic) bond motifs is 1. The topological polar surface area (TPSA) is 59.8 Å². The Labute approximate surface area is 136 Å². The summed E-state index contributed by atoms with van der Waals surface area (Å²) in [7, 11) is 0. The van der Waals surface area contributed by atoms with Crippen LogP contribution in [-0.4, -0.2) is 20.9 Å². The molecule has 3 rings (SSSR count). The molecular formula is C16H15BrN4O. The molecule has 22 heavy (non-hydrogen) atoms. The summed E-state index contributed by atoms with van der Waals surface area (Å²) in [5, 5.41) is 11.1. The first-order valence-corrected chi connectivity index (χ1v) is 7.76. The lowest BCUT2D eigenvalue weighted by atomic mass is 10.1. The molecule has 6 heteroatoms. The first-order valence-electron chi connectivity index (χ1n) is 6.96. The first kappa shape index (κ1) is 14.7. The Morgan fingerprint density at radius 3 is 2.77 bits per heavy atom. The fraction of sp³-hybridized carbons (Fsp3) is 0.188. The standard InChI is InChI=1S/C16H15BrN4O/c1-10(2)21-15-7-6-11(8-14(15)19-20-21)16(22)18-13-5-3-4-12(17)9-13/h3-10H,1-2H3,(H,18,22). The van der Waals surface area contributed by atoms with E-state index >= 15 is 0 Å². The summed E-state index contributed by atoms with van der Waals surface area (Å²) < 4.78 is 2.76. The quantitative estimate of drug-likeness (QED) is 0.768. The average molecular weight is 359 g/mol. The molecule has 0 bridgehead atoms. The lowest BCUT2D eigenvalue weighted by Gasteiger charge is -2.07. The van der Waals surface area contributed by atoms with Gasteiger partial charge in [0, 0.05) is 21.8 Å². The maximum absolute atomic E-state index is 12.3. The van der Waals surface area contributed by atoms with Gasteiger partial charge in [-0.1, -0.05) is 27.2 Å². The minimum atomic E-state index is -0.168. The summed E-state index contributed by atoms with van der Waals surface area (Å²) in [6, 6.07) is 13.1. The third kappa shape index (κ3) is 2.87. The van der Waals surface area contributed by atoms with Crippen LogP contribution in [0.25, 0.3) is 11.0 Å². The molecule has 1 amide bonds. The van der Waals surface area contributed by atoms with Crippen molar-refractivity contribution in [2.24, 2.45) is 0 Å². The van der Waals surface area contributed by atoms with E-state index in [4.69, 9.17) is 0 Å². The molecule has 0 radical (unpaired) electrons. The molecule has 0 unspecified atom stereocenters. The average Bonchev–Trinajstić information content (AvgIpc) is 2.90. The highest BCUT2D eigenvalue weighted by Crippen LogP contribution is 2.19. The summed E-state index contributed by atoms with van der Waals surface area (Å²) >= 11 is 3.38. The van der Waals surface area contributed by atoms with E-state index in [1.165, 1.54) is 0 Å². The van der Waals surface area contributed by atoms with Crippen LogP contribution in [0, 0.1) is 0 Å². The van der Waals surface area contributed by atoms with Crippen molar-refractivity contribution < 1.29 is 4.79 Å². The van der Waals surface area contributed by atoms with Crippen molar-refractivity contribution >= 4 is 38.6 Å². The van der Waals surface area contributed by atoms with Crippen molar-refractivity contribution in [1.82, 2.24) is 15.0 Å². The van der Waals surface area contributed by atoms with E-state index in [0.29, 0.717) is 5.56 Å². The number of hydrogen-bond donors (Lipinski definition) is 1. The third-order valence-corrected chi connectivity index (χ3v) is 3.80. The van der Waals surface area contributed by atoms with Gasteiger partial charge in [0.15, 0.2) is 0 Å². The molecule has 2 aromatic carbocycles. The molecule has 0 saturated carbocycles. The Bertz CT molecular complexity index is 841. The Kier molecular flexibility index (Phi) is 3.94. The minimum absolute atomic E-state index is 0.168. The largest absolute Gasteiger partial charge is 0.322 e. The normalized spacial score (nSPS) is 11.1. The van der Waals surface area contributed by atoms with E-state index < -0.39 is 0 Å². The fourth-order valence-corrected chi connectivity index (χ4v) is 2.63. The van der Waals surface area contributed by atoms with Crippen LogP contribution in [0.4, 0.5) is 5.69 Å². The highest BCUT2D eigenvalue weighted by molar-refractivity contribution is 9.10. The monoisotopic (exact) mass is 358 g/mol. The lowest BCUT2D eigenvalue weighted by Crippen LogP contribution is -2.11.